The first kappa shape index (κ1) is 18.0. The number of carboxylic acids is 1. The second kappa shape index (κ2) is 7.68. The van der Waals surface area contributed by atoms with Crippen molar-refractivity contribution >= 4 is 28.5 Å². The Morgan fingerprint density at radius 3 is 2.78 bits per heavy atom. The number of hydrogen-bond acceptors (Lipinski definition) is 4. The standard InChI is InChI=1S/C20H21ClN4O2/c21-15-3-4-16-17(12-23-18(16)10-15)19(20(26)27)25-8-6-24(7-9-25)13-14-2-1-5-22-11-14/h1-5,10-12,19,23H,6-9,13H2,(H,26,27)/t19-/m0/s1. The number of benzene rings is 1. The van der Waals surface area contributed by atoms with Crippen LogP contribution in [0.15, 0.2) is 48.9 Å². The van der Waals surface area contributed by atoms with Crippen LogP contribution in [0.1, 0.15) is 17.2 Å². The molecule has 0 bridgehead atoms. The summed E-state index contributed by atoms with van der Waals surface area (Å²) < 4.78 is 0. The molecular formula is C20H21ClN4O2. The van der Waals surface area contributed by atoms with Crippen molar-refractivity contribution in [3.8, 4) is 0 Å². The maximum absolute atomic E-state index is 12.1. The number of hydrogen-bond donors (Lipinski definition) is 2. The molecule has 3 heterocycles. The zero-order valence-corrected chi connectivity index (χ0v) is 15.6. The number of carboxylic acid groups (broad SMARTS) is 1. The second-order valence-corrected chi connectivity index (χ2v) is 7.28. The fourth-order valence-electron chi connectivity index (χ4n) is 3.76. The minimum atomic E-state index is -0.827. The number of rotatable bonds is 5. The van der Waals surface area contributed by atoms with Crippen LogP contribution < -0.4 is 0 Å². The Balaban J connectivity index is 1.49. The zero-order chi connectivity index (χ0) is 18.8. The molecule has 27 heavy (non-hydrogen) atoms. The number of pyridine rings is 1. The number of halogens is 1. The van der Waals surface area contributed by atoms with Crippen molar-refractivity contribution in [3.05, 3.63) is 65.1 Å². The van der Waals surface area contributed by atoms with E-state index in [1.54, 1.807) is 18.5 Å². The maximum Gasteiger partial charge on any atom is 0.325 e. The number of nitrogens with zero attached hydrogens (tertiary/aromatic N) is 3. The Morgan fingerprint density at radius 1 is 1.26 bits per heavy atom. The van der Waals surface area contributed by atoms with Crippen LogP contribution >= 0.6 is 11.6 Å². The van der Waals surface area contributed by atoms with Gasteiger partial charge < -0.3 is 10.1 Å². The van der Waals surface area contributed by atoms with Gasteiger partial charge in [0.25, 0.3) is 0 Å². The molecule has 140 valence electrons. The normalized spacial score (nSPS) is 17.2. The molecule has 0 radical (unpaired) electrons. The molecule has 1 aromatic carbocycles. The molecule has 7 heteroatoms. The number of carbonyl (C=O) groups is 1. The Kier molecular flexibility index (Phi) is 5.11. The van der Waals surface area contributed by atoms with Crippen LogP contribution in [-0.4, -0.2) is 57.0 Å². The van der Waals surface area contributed by atoms with E-state index >= 15 is 0 Å². The molecule has 6 nitrogen and oxygen atoms in total. The summed E-state index contributed by atoms with van der Waals surface area (Å²) in [6.07, 6.45) is 5.44. The first-order valence-electron chi connectivity index (χ1n) is 8.96. The summed E-state index contributed by atoms with van der Waals surface area (Å²) in [6.45, 7) is 3.90. The molecule has 0 amide bonds. The maximum atomic E-state index is 12.1. The molecule has 1 aliphatic rings. The van der Waals surface area contributed by atoms with E-state index in [1.165, 1.54) is 5.56 Å². The average Bonchev–Trinajstić information content (AvgIpc) is 3.06. The van der Waals surface area contributed by atoms with E-state index in [4.69, 9.17) is 11.6 Å². The van der Waals surface area contributed by atoms with Gasteiger partial charge in [-0.2, -0.15) is 0 Å². The smallest absolute Gasteiger partial charge is 0.325 e. The molecule has 0 aliphatic carbocycles. The van der Waals surface area contributed by atoms with Gasteiger partial charge in [-0.1, -0.05) is 23.7 Å². The summed E-state index contributed by atoms with van der Waals surface area (Å²) in [7, 11) is 0. The summed E-state index contributed by atoms with van der Waals surface area (Å²) >= 11 is 6.04. The van der Waals surface area contributed by atoms with E-state index < -0.39 is 12.0 Å². The van der Waals surface area contributed by atoms with Gasteiger partial charge in [-0.15, -0.1) is 0 Å². The van der Waals surface area contributed by atoms with Crippen LogP contribution in [0.4, 0.5) is 0 Å². The third kappa shape index (κ3) is 3.83. The van der Waals surface area contributed by atoms with Crippen LogP contribution in [0.3, 0.4) is 0 Å². The zero-order valence-electron chi connectivity index (χ0n) is 14.8. The van der Waals surface area contributed by atoms with Crippen LogP contribution in [-0.2, 0) is 11.3 Å². The molecule has 1 atom stereocenters. The summed E-state index contributed by atoms with van der Waals surface area (Å²) in [5, 5.41) is 11.4. The van der Waals surface area contributed by atoms with Crippen molar-refractivity contribution in [2.75, 3.05) is 26.2 Å². The number of nitrogens with one attached hydrogen (secondary N) is 1. The highest BCUT2D eigenvalue weighted by molar-refractivity contribution is 6.31. The number of aliphatic carboxylic acids is 1. The van der Waals surface area contributed by atoms with E-state index in [-0.39, 0.29) is 0 Å². The van der Waals surface area contributed by atoms with Gasteiger partial charge >= 0.3 is 5.97 Å². The van der Waals surface area contributed by atoms with Crippen molar-refractivity contribution in [1.29, 1.82) is 0 Å². The highest BCUT2D eigenvalue weighted by atomic mass is 35.5. The van der Waals surface area contributed by atoms with Gasteiger partial charge in [-0.3, -0.25) is 19.6 Å². The van der Waals surface area contributed by atoms with E-state index in [0.717, 1.165) is 36.1 Å². The van der Waals surface area contributed by atoms with Crippen LogP contribution in [0.5, 0.6) is 0 Å². The third-order valence-corrected chi connectivity index (χ3v) is 5.34. The summed E-state index contributed by atoms with van der Waals surface area (Å²) in [6, 6.07) is 8.85. The predicted molar refractivity (Wildman–Crippen MR) is 105 cm³/mol. The summed E-state index contributed by atoms with van der Waals surface area (Å²) in [4.78, 5) is 23.8. The minimum Gasteiger partial charge on any atom is -0.480 e. The lowest BCUT2D eigenvalue weighted by Gasteiger charge is -2.37. The number of aromatic amines is 1. The van der Waals surface area contributed by atoms with Crippen LogP contribution in [0.25, 0.3) is 10.9 Å². The molecule has 0 spiro atoms. The van der Waals surface area contributed by atoms with Gasteiger partial charge in [0.1, 0.15) is 6.04 Å². The van der Waals surface area contributed by atoms with Crippen molar-refractivity contribution in [2.24, 2.45) is 0 Å². The monoisotopic (exact) mass is 384 g/mol. The quantitative estimate of drug-likeness (QED) is 0.707. The number of H-pyrrole nitrogens is 1. The Labute approximate surface area is 162 Å². The Bertz CT molecular complexity index is 936. The SMILES string of the molecule is O=C(O)[C@H](c1c[nH]c2cc(Cl)ccc12)N1CCN(Cc2cccnc2)CC1. The summed E-state index contributed by atoms with van der Waals surface area (Å²) in [5.41, 5.74) is 2.82. The first-order valence-corrected chi connectivity index (χ1v) is 9.34. The summed E-state index contributed by atoms with van der Waals surface area (Å²) in [5.74, 6) is -0.827. The number of fused-ring (bicyclic) bond motifs is 1. The third-order valence-electron chi connectivity index (χ3n) is 5.11. The number of piperazine rings is 1. The largest absolute Gasteiger partial charge is 0.480 e. The molecule has 1 aliphatic heterocycles. The fourth-order valence-corrected chi connectivity index (χ4v) is 3.93. The molecule has 0 saturated carbocycles. The van der Waals surface area contributed by atoms with Gasteiger partial charge in [-0.25, -0.2) is 0 Å². The first-order chi connectivity index (χ1) is 13.1. The van der Waals surface area contributed by atoms with E-state index in [2.05, 4.69) is 20.9 Å². The molecule has 4 rings (SSSR count). The van der Waals surface area contributed by atoms with Gasteiger partial charge in [0.15, 0.2) is 0 Å². The highest BCUT2D eigenvalue weighted by Crippen LogP contribution is 2.31. The lowest BCUT2D eigenvalue weighted by molar-refractivity contribution is -0.144. The van der Waals surface area contributed by atoms with Gasteiger partial charge in [0, 0.05) is 72.8 Å². The molecule has 3 aromatic rings. The van der Waals surface area contributed by atoms with E-state index in [9.17, 15) is 9.90 Å². The average molecular weight is 385 g/mol. The van der Waals surface area contributed by atoms with Crippen molar-refractivity contribution in [3.63, 3.8) is 0 Å². The Morgan fingerprint density at radius 2 is 2.07 bits per heavy atom. The molecule has 1 saturated heterocycles. The predicted octanol–water partition coefficient (Wildman–Crippen LogP) is 3.16. The van der Waals surface area contributed by atoms with Crippen molar-refractivity contribution < 1.29 is 9.90 Å². The highest BCUT2D eigenvalue weighted by Gasteiger charge is 2.32. The molecule has 0 unspecified atom stereocenters. The Hall–Kier alpha value is -2.41. The van der Waals surface area contributed by atoms with Crippen LogP contribution in [0, 0.1) is 0 Å². The van der Waals surface area contributed by atoms with Gasteiger partial charge in [0.05, 0.1) is 0 Å². The van der Waals surface area contributed by atoms with Crippen molar-refractivity contribution in [1.82, 2.24) is 19.8 Å². The van der Waals surface area contributed by atoms with E-state index in [0.29, 0.717) is 18.1 Å². The second-order valence-electron chi connectivity index (χ2n) is 6.85. The van der Waals surface area contributed by atoms with Gasteiger partial charge in [-0.05, 0) is 23.8 Å². The molecular weight excluding hydrogens is 364 g/mol. The molecule has 2 aromatic heterocycles. The number of aromatic nitrogens is 2. The topological polar surface area (TPSA) is 72.5 Å². The molecule has 2 N–H and O–H groups in total. The van der Waals surface area contributed by atoms with Crippen molar-refractivity contribution in [2.45, 2.75) is 12.6 Å². The lowest BCUT2D eigenvalue weighted by Crippen LogP contribution is -2.48. The van der Waals surface area contributed by atoms with E-state index in [1.807, 2.05) is 29.3 Å². The lowest BCUT2D eigenvalue weighted by atomic mass is 10.0. The molecule has 1 fully saturated rings. The van der Waals surface area contributed by atoms with Crippen LogP contribution in [0.2, 0.25) is 5.02 Å². The van der Waals surface area contributed by atoms with Gasteiger partial charge in [0.2, 0.25) is 0 Å². The minimum absolute atomic E-state index is 0.631. The fraction of sp³-hybridized carbons (Fsp3) is 0.300.